The number of aromatic nitrogens is 1. The van der Waals surface area contributed by atoms with E-state index >= 15 is 0 Å². The molecule has 3 N–H and O–H groups in total. The van der Waals surface area contributed by atoms with Gasteiger partial charge in [0.25, 0.3) is 0 Å². The predicted octanol–water partition coefficient (Wildman–Crippen LogP) is 3.04. The third-order valence-electron chi connectivity index (χ3n) is 2.49. The maximum Gasteiger partial charge on any atom is 0.219 e. The molecule has 0 fully saturated rings. The van der Waals surface area contributed by atoms with Gasteiger partial charge in [-0.05, 0) is 36.8 Å². The number of benzene rings is 1. The first kappa shape index (κ1) is 13.4. The van der Waals surface area contributed by atoms with E-state index in [4.69, 9.17) is 15.7 Å². The average Bonchev–Trinajstić information content (AvgIpc) is 2.43. The van der Waals surface area contributed by atoms with Gasteiger partial charge in [0.05, 0.1) is 0 Å². The SMILES string of the molecule is Cc1cc(Oc2ccc(/C(N)=N/O)cn2)ccc1Br. The lowest BCUT2D eigenvalue weighted by Crippen LogP contribution is -2.13. The summed E-state index contributed by atoms with van der Waals surface area (Å²) < 4.78 is 6.63. The second-order valence-electron chi connectivity index (χ2n) is 3.88. The lowest BCUT2D eigenvalue weighted by Gasteiger charge is -2.07. The molecule has 1 aromatic heterocycles. The molecule has 1 aromatic carbocycles. The summed E-state index contributed by atoms with van der Waals surface area (Å²) in [7, 11) is 0. The van der Waals surface area contributed by atoms with Crippen LogP contribution >= 0.6 is 15.9 Å². The molecule has 5 nitrogen and oxygen atoms in total. The third kappa shape index (κ3) is 3.23. The molecule has 1 heterocycles. The van der Waals surface area contributed by atoms with Crippen molar-refractivity contribution in [1.82, 2.24) is 4.98 Å². The highest BCUT2D eigenvalue weighted by molar-refractivity contribution is 9.10. The molecule has 0 radical (unpaired) electrons. The molecule has 0 aliphatic carbocycles. The van der Waals surface area contributed by atoms with E-state index < -0.39 is 0 Å². The highest BCUT2D eigenvalue weighted by Crippen LogP contribution is 2.25. The van der Waals surface area contributed by atoms with Crippen molar-refractivity contribution in [3.8, 4) is 11.6 Å². The largest absolute Gasteiger partial charge is 0.439 e. The summed E-state index contributed by atoms with van der Waals surface area (Å²) in [5, 5.41) is 11.5. The van der Waals surface area contributed by atoms with Crippen molar-refractivity contribution in [3.05, 3.63) is 52.1 Å². The Morgan fingerprint density at radius 2 is 2.16 bits per heavy atom. The van der Waals surface area contributed by atoms with Gasteiger partial charge in [-0.1, -0.05) is 21.1 Å². The monoisotopic (exact) mass is 321 g/mol. The van der Waals surface area contributed by atoms with Gasteiger partial charge in [-0.3, -0.25) is 0 Å². The summed E-state index contributed by atoms with van der Waals surface area (Å²) in [5.41, 5.74) is 7.05. The van der Waals surface area contributed by atoms with Crippen molar-refractivity contribution < 1.29 is 9.94 Å². The molecule has 98 valence electrons. The maximum atomic E-state index is 8.55. The first-order valence-corrected chi connectivity index (χ1v) is 6.27. The van der Waals surface area contributed by atoms with E-state index in [-0.39, 0.29) is 5.84 Å². The van der Waals surface area contributed by atoms with E-state index in [2.05, 4.69) is 26.1 Å². The van der Waals surface area contributed by atoms with Crippen LogP contribution in [0.15, 0.2) is 46.2 Å². The van der Waals surface area contributed by atoms with Crippen LogP contribution in [0.4, 0.5) is 0 Å². The van der Waals surface area contributed by atoms with Gasteiger partial charge in [-0.15, -0.1) is 0 Å². The van der Waals surface area contributed by atoms with Crippen LogP contribution < -0.4 is 10.5 Å². The Hall–Kier alpha value is -2.08. The number of oxime groups is 1. The van der Waals surface area contributed by atoms with Crippen LogP contribution in [-0.2, 0) is 0 Å². The van der Waals surface area contributed by atoms with Crippen LogP contribution in [0.5, 0.6) is 11.6 Å². The van der Waals surface area contributed by atoms with Crippen LogP contribution in [0.25, 0.3) is 0 Å². The Kier molecular flexibility index (Phi) is 4.01. The molecule has 0 bridgehead atoms. The average molecular weight is 322 g/mol. The standard InChI is InChI=1S/C13H12BrN3O2/c1-8-6-10(3-4-11(8)14)19-12-5-2-9(7-16-12)13(15)17-18/h2-7,18H,1H3,(H2,15,17). The molecular weight excluding hydrogens is 310 g/mol. The van der Waals surface area contributed by atoms with Gasteiger partial charge in [0, 0.05) is 22.3 Å². The first-order valence-electron chi connectivity index (χ1n) is 5.48. The molecule has 0 amide bonds. The van der Waals surface area contributed by atoms with Crippen LogP contribution in [-0.4, -0.2) is 16.0 Å². The molecule has 2 aromatic rings. The number of ether oxygens (including phenoxy) is 1. The number of hydrogen-bond acceptors (Lipinski definition) is 4. The minimum atomic E-state index is 0.0125. The Bertz CT molecular complexity index is 612. The first-order chi connectivity index (χ1) is 9.10. The minimum absolute atomic E-state index is 0.0125. The smallest absolute Gasteiger partial charge is 0.219 e. The van der Waals surface area contributed by atoms with Crippen molar-refractivity contribution in [2.24, 2.45) is 10.9 Å². The van der Waals surface area contributed by atoms with E-state index in [1.807, 2.05) is 25.1 Å². The van der Waals surface area contributed by atoms with Crippen LogP contribution in [0.2, 0.25) is 0 Å². The number of nitrogens with zero attached hydrogens (tertiary/aromatic N) is 2. The van der Waals surface area contributed by atoms with Gasteiger partial charge in [-0.25, -0.2) is 4.98 Å². The fraction of sp³-hybridized carbons (Fsp3) is 0.0769. The summed E-state index contributed by atoms with van der Waals surface area (Å²) in [4.78, 5) is 4.09. The highest BCUT2D eigenvalue weighted by Gasteiger charge is 2.03. The zero-order chi connectivity index (χ0) is 13.8. The molecule has 0 spiro atoms. The normalized spacial score (nSPS) is 11.4. The van der Waals surface area contributed by atoms with E-state index in [1.165, 1.54) is 6.20 Å². The van der Waals surface area contributed by atoms with E-state index in [0.29, 0.717) is 17.2 Å². The van der Waals surface area contributed by atoms with Gasteiger partial charge in [0.2, 0.25) is 5.88 Å². The second-order valence-corrected chi connectivity index (χ2v) is 4.74. The molecule has 0 aliphatic heterocycles. The topological polar surface area (TPSA) is 80.7 Å². The van der Waals surface area contributed by atoms with E-state index in [1.54, 1.807) is 12.1 Å². The molecule has 0 saturated carbocycles. The Labute approximate surface area is 118 Å². The second kappa shape index (κ2) is 5.71. The van der Waals surface area contributed by atoms with Crippen molar-refractivity contribution in [1.29, 1.82) is 0 Å². The van der Waals surface area contributed by atoms with Gasteiger partial charge >= 0.3 is 0 Å². The molecule has 0 saturated heterocycles. The van der Waals surface area contributed by atoms with Crippen molar-refractivity contribution in [2.75, 3.05) is 0 Å². The van der Waals surface area contributed by atoms with Crippen LogP contribution in [0, 0.1) is 6.92 Å². The summed E-state index contributed by atoms with van der Waals surface area (Å²) in [6.07, 6.45) is 1.48. The number of aryl methyl sites for hydroxylation is 1. The molecule has 6 heteroatoms. The fourth-order valence-corrected chi connectivity index (χ4v) is 1.70. The Balaban J connectivity index is 2.17. The lowest BCUT2D eigenvalue weighted by atomic mass is 10.2. The third-order valence-corrected chi connectivity index (χ3v) is 3.38. The quantitative estimate of drug-likeness (QED) is 0.394. The number of rotatable bonds is 3. The van der Waals surface area contributed by atoms with Gasteiger partial charge in [0.1, 0.15) is 5.75 Å². The zero-order valence-electron chi connectivity index (χ0n) is 10.2. The number of nitrogens with two attached hydrogens (primary N) is 1. The summed E-state index contributed by atoms with van der Waals surface area (Å²) >= 11 is 3.43. The maximum absolute atomic E-state index is 8.55. The number of halogens is 1. The Morgan fingerprint density at radius 3 is 2.74 bits per heavy atom. The molecular formula is C13H12BrN3O2. The van der Waals surface area contributed by atoms with E-state index in [0.717, 1.165) is 10.0 Å². The summed E-state index contributed by atoms with van der Waals surface area (Å²) in [6, 6.07) is 8.99. The van der Waals surface area contributed by atoms with Gasteiger partial charge in [0.15, 0.2) is 5.84 Å². The van der Waals surface area contributed by atoms with Crippen LogP contribution in [0.1, 0.15) is 11.1 Å². The van der Waals surface area contributed by atoms with Crippen molar-refractivity contribution in [3.63, 3.8) is 0 Å². The van der Waals surface area contributed by atoms with Crippen LogP contribution in [0.3, 0.4) is 0 Å². The molecule has 0 aliphatic rings. The summed E-state index contributed by atoms with van der Waals surface area (Å²) in [5.74, 6) is 1.15. The summed E-state index contributed by atoms with van der Waals surface area (Å²) in [6.45, 7) is 1.98. The Morgan fingerprint density at radius 1 is 1.37 bits per heavy atom. The molecule has 19 heavy (non-hydrogen) atoms. The highest BCUT2D eigenvalue weighted by atomic mass is 79.9. The molecule has 2 rings (SSSR count). The lowest BCUT2D eigenvalue weighted by molar-refractivity contribution is 0.318. The number of pyridine rings is 1. The number of amidine groups is 1. The van der Waals surface area contributed by atoms with E-state index in [9.17, 15) is 0 Å². The zero-order valence-corrected chi connectivity index (χ0v) is 11.8. The number of hydrogen-bond donors (Lipinski definition) is 2. The van der Waals surface area contributed by atoms with Gasteiger partial charge < -0.3 is 15.7 Å². The minimum Gasteiger partial charge on any atom is -0.439 e. The molecule has 0 unspecified atom stereocenters. The van der Waals surface area contributed by atoms with Crippen molar-refractivity contribution >= 4 is 21.8 Å². The van der Waals surface area contributed by atoms with Crippen molar-refractivity contribution in [2.45, 2.75) is 6.92 Å². The molecule has 0 atom stereocenters. The van der Waals surface area contributed by atoms with Gasteiger partial charge in [-0.2, -0.15) is 0 Å². The fourth-order valence-electron chi connectivity index (χ4n) is 1.45. The predicted molar refractivity (Wildman–Crippen MR) is 75.7 cm³/mol.